The first-order chi connectivity index (χ1) is 13.4. The lowest BCUT2D eigenvalue weighted by Crippen LogP contribution is -2.32. The van der Waals surface area contributed by atoms with Gasteiger partial charge in [-0.05, 0) is 56.7 Å². The van der Waals surface area contributed by atoms with Crippen molar-refractivity contribution in [3.8, 4) is 0 Å². The van der Waals surface area contributed by atoms with Gasteiger partial charge >= 0.3 is 0 Å². The lowest BCUT2D eigenvalue weighted by molar-refractivity contribution is 0.0785. The predicted molar refractivity (Wildman–Crippen MR) is 114 cm³/mol. The molecule has 2 aliphatic rings. The molecule has 0 saturated heterocycles. The highest BCUT2D eigenvalue weighted by Gasteiger charge is 2.23. The molecule has 4 rings (SSSR count). The molecule has 2 N–H and O–H groups in total. The van der Waals surface area contributed by atoms with Crippen LogP contribution in [0.5, 0.6) is 0 Å². The van der Waals surface area contributed by atoms with E-state index in [-0.39, 0.29) is 0 Å². The molecule has 1 fully saturated rings. The smallest absolute Gasteiger partial charge is 0.225 e. The van der Waals surface area contributed by atoms with Crippen LogP contribution < -0.4 is 10.2 Å². The van der Waals surface area contributed by atoms with Gasteiger partial charge < -0.3 is 15.3 Å². The first-order valence-electron chi connectivity index (χ1n) is 10.6. The molecule has 5 heteroatoms. The molecule has 0 spiro atoms. The van der Waals surface area contributed by atoms with Gasteiger partial charge in [0.15, 0.2) is 0 Å². The van der Waals surface area contributed by atoms with Gasteiger partial charge in [0.2, 0.25) is 5.95 Å². The highest BCUT2D eigenvalue weighted by Crippen LogP contribution is 2.29. The Hall–Kier alpha value is -2.14. The molecular formula is C23H32N4O. The molecule has 0 atom stereocenters. The Morgan fingerprint density at radius 3 is 2.61 bits per heavy atom. The molecule has 1 aromatic carbocycles. The van der Waals surface area contributed by atoms with Crippen LogP contribution in [-0.2, 0) is 18.6 Å². The molecule has 1 aliphatic carbocycles. The fourth-order valence-electron chi connectivity index (χ4n) is 4.34. The molecule has 2 heterocycles. The van der Waals surface area contributed by atoms with E-state index in [2.05, 4.69) is 33.4 Å². The van der Waals surface area contributed by atoms with Gasteiger partial charge in [0, 0.05) is 30.9 Å². The zero-order valence-electron chi connectivity index (χ0n) is 17.3. The summed E-state index contributed by atoms with van der Waals surface area (Å²) in [7, 11) is 0. The van der Waals surface area contributed by atoms with Gasteiger partial charge in [-0.2, -0.15) is 4.98 Å². The van der Waals surface area contributed by atoms with Crippen molar-refractivity contribution in [2.75, 3.05) is 16.8 Å². The maximum Gasteiger partial charge on any atom is 0.225 e. The topological polar surface area (TPSA) is 61.3 Å². The lowest BCUT2D eigenvalue weighted by atomic mass is 9.91. The van der Waals surface area contributed by atoms with Gasteiger partial charge in [0.05, 0.1) is 5.60 Å². The van der Waals surface area contributed by atoms with Crippen LogP contribution in [0.4, 0.5) is 11.8 Å². The van der Waals surface area contributed by atoms with Crippen molar-refractivity contribution in [2.24, 2.45) is 0 Å². The Morgan fingerprint density at radius 2 is 1.86 bits per heavy atom. The average Bonchev–Trinajstić information content (AvgIpc) is 2.67. The normalized spacial score (nSPS) is 18.1. The number of fused-ring (bicyclic) bond motifs is 1. The fourth-order valence-corrected chi connectivity index (χ4v) is 4.34. The number of hydrogen-bond donors (Lipinski definition) is 2. The molecule has 5 nitrogen and oxygen atoms in total. The van der Waals surface area contributed by atoms with Crippen LogP contribution in [0.3, 0.4) is 0 Å². The van der Waals surface area contributed by atoms with Crippen LogP contribution in [0.15, 0.2) is 24.3 Å². The van der Waals surface area contributed by atoms with Crippen molar-refractivity contribution in [1.29, 1.82) is 0 Å². The molecular weight excluding hydrogens is 348 g/mol. The van der Waals surface area contributed by atoms with E-state index in [0.29, 0.717) is 6.04 Å². The second-order valence-corrected chi connectivity index (χ2v) is 8.88. The summed E-state index contributed by atoms with van der Waals surface area (Å²) in [4.78, 5) is 11.8. The molecule has 150 valence electrons. The van der Waals surface area contributed by atoms with Gasteiger partial charge in [-0.25, -0.2) is 4.98 Å². The molecule has 0 unspecified atom stereocenters. The summed E-state index contributed by atoms with van der Waals surface area (Å²) in [6.07, 6.45) is 7.34. The van der Waals surface area contributed by atoms with Crippen LogP contribution in [0, 0.1) is 6.92 Å². The summed E-state index contributed by atoms with van der Waals surface area (Å²) < 4.78 is 0. The Kier molecular flexibility index (Phi) is 5.28. The molecule has 2 aromatic rings. The number of benzene rings is 1. The zero-order valence-corrected chi connectivity index (χ0v) is 17.3. The van der Waals surface area contributed by atoms with Crippen LogP contribution in [0.25, 0.3) is 0 Å². The minimum absolute atomic E-state index is 0.505. The minimum Gasteiger partial charge on any atom is -0.386 e. The number of nitrogens with zero attached hydrogens (tertiary/aromatic N) is 3. The number of aryl methyl sites for hydroxylation is 1. The van der Waals surface area contributed by atoms with Gasteiger partial charge in [0.1, 0.15) is 5.82 Å². The predicted octanol–water partition coefficient (Wildman–Crippen LogP) is 4.32. The molecule has 1 aliphatic heterocycles. The molecule has 28 heavy (non-hydrogen) atoms. The monoisotopic (exact) mass is 380 g/mol. The van der Waals surface area contributed by atoms with E-state index in [1.54, 1.807) is 0 Å². The standard InChI is InChI=1S/C23H32N4O/c1-16-13-21(26-22(24-16)25-20-7-5-4-6-8-20)27-12-11-17-14-19(23(2,3)28)10-9-18(17)15-27/h9-10,13-14,20,28H,4-8,11-12,15H2,1-3H3,(H,24,25,26). The summed E-state index contributed by atoms with van der Waals surface area (Å²) >= 11 is 0. The largest absolute Gasteiger partial charge is 0.386 e. The van der Waals surface area contributed by atoms with E-state index in [4.69, 9.17) is 4.98 Å². The third kappa shape index (κ3) is 4.30. The summed E-state index contributed by atoms with van der Waals surface area (Å²) in [5.74, 6) is 1.77. The number of hydrogen-bond acceptors (Lipinski definition) is 5. The number of nitrogens with one attached hydrogen (secondary N) is 1. The van der Waals surface area contributed by atoms with Crippen LogP contribution in [0.1, 0.15) is 68.3 Å². The number of anilines is 2. The Bertz CT molecular complexity index is 837. The van der Waals surface area contributed by atoms with E-state index in [0.717, 1.165) is 42.5 Å². The van der Waals surface area contributed by atoms with Gasteiger partial charge in [-0.1, -0.05) is 37.5 Å². The van der Waals surface area contributed by atoms with Crippen LogP contribution >= 0.6 is 0 Å². The second kappa shape index (κ2) is 7.70. The Balaban J connectivity index is 1.52. The van der Waals surface area contributed by atoms with Gasteiger partial charge in [-0.3, -0.25) is 0 Å². The molecule has 0 radical (unpaired) electrons. The number of rotatable bonds is 4. The highest BCUT2D eigenvalue weighted by molar-refractivity contribution is 5.49. The molecule has 0 amide bonds. The van der Waals surface area contributed by atoms with Gasteiger partial charge in [0.25, 0.3) is 0 Å². The zero-order chi connectivity index (χ0) is 19.7. The van der Waals surface area contributed by atoms with Crippen molar-refractivity contribution < 1.29 is 5.11 Å². The first-order valence-corrected chi connectivity index (χ1v) is 10.6. The van der Waals surface area contributed by atoms with Crippen molar-refractivity contribution in [1.82, 2.24) is 9.97 Å². The van der Waals surface area contributed by atoms with E-state index >= 15 is 0 Å². The van der Waals surface area contributed by atoms with Crippen molar-refractivity contribution >= 4 is 11.8 Å². The third-order valence-corrected chi connectivity index (χ3v) is 6.03. The van der Waals surface area contributed by atoms with E-state index < -0.39 is 5.60 Å². The summed E-state index contributed by atoms with van der Waals surface area (Å²) in [5, 5.41) is 13.8. The Morgan fingerprint density at radius 1 is 1.07 bits per heavy atom. The minimum atomic E-state index is -0.796. The summed E-state index contributed by atoms with van der Waals surface area (Å²) in [6, 6.07) is 8.95. The molecule has 1 aromatic heterocycles. The maximum atomic E-state index is 10.3. The quantitative estimate of drug-likeness (QED) is 0.827. The van der Waals surface area contributed by atoms with E-state index in [9.17, 15) is 5.11 Å². The van der Waals surface area contributed by atoms with E-state index in [1.807, 2.05) is 26.8 Å². The maximum absolute atomic E-state index is 10.3. The second-order valence-electron chi connectivity index (χ2n) is 8.88. The van der Waals surface area contributed by atoms with Crippen molar-refractivity contribution in [3.63, 3.8) is 0 Å². The fraction of sp³-hybridized carbons (Fsp3) is 0.565. The van der Waals surface area contributed by atoms with Crippen molar-refractivity contribution in [2.45, 2.75) is 77.5 Å². The average molecular weight is 381 g/mol. The Labute approximate surface area is 168 Å². The summed E-state index contributed by atoms with van der Waals surface area (Å²) in [5.41, 5.74) is 3.85. The molecule has 0 bridgehead atoms. The van der Waals surface area contributed by atoms with E-state index in [1.165, 1.54) is 43.2 Å². The van der Waals surface area contributed by atoms with Gasteiger partial charge in [-0.15, -0.1) is 0 Å². The summed E-state index contributed by atoms with van der Waals surface area (Å²) in [6.45, 7) is 7.51. The first kappa shape index (κ1) is 19.2. The number of aliphatic hydroxyl groups is 1. The molecule has 1 saturated carbocycles. The third-order valence-electron chi connectivity index (χ3n) is 6.03. The highest BCUT2D eigenvalue weighted by atomic mass is 16.3. The lowest BCUT2D eigenvalue weighted by Gasteiger charge is -2.31. The van der Waals surface area contributed by atoms with Crippen molar-refractivity contribution in [3.05, 3.63) is 46.6 Å². The SMILES string of the molecule is Cc1cc(N2CCc3cc(C(C)(C)O)ccc3C2)nc(NC2CCCCC2)n1. The van der Waals surface area contributed by atoms with Crippen LogP contribution in [0.2, 0.25) is 0 Å². The number of aromatic nitrogens is 2. The van der Waals surface area contributed by atoms with Crippen LogP contribution in [-0.4, -0.2) is 27.7 Å².